The van der Waals surface area contributed by atoms with E-state index in [1.807, 2.05) is 32.9 Å². The zero-order valence-electron chi connectivity index (χ0n) is 19.4. The number of thioether (sulfide) groups is 1. The predicted molar refractivity (Wildman–Crippen MR) is 131 cm³/mol. The Bertz CT molecular complexity index is 1140. The molecule has 7 nitrogen and oxygen atoms in total. The molecule has 0 fully saturated rings. The number of carbonyl (C=O) groups is 1. The molecule has 8 heteroatoms. The van der Waals surface area contributed by atoms with E-state index in [1.54, 1.807) is 0 Å². The third-order valence-electron chi connectivity index (χ3n) is 6.00. The Labute approximate surface area is 199 Å². The number of aromatic nitrogens is 3. The maximum Gasteiger partial charge on any atom is 0.230 e. The summed E-state index contributed by atoms with van der Waals surface area (Å²) in [5.74, 6) is 7.56. The number of benzene rings is 2. The lowest BCUT2D eigenvalue weighted by Crippen LogP contribution is -2.28. The quantitative estimate of drug-likeness (QED) is 0.385. The molecule has 1 atom stereocenters. The molecule has 3 N–H and O–H groups in total. The van der Waals surface area contributed by atoms with Gasteiger partial charge in [-0.05, 0) is 74.8 Å². The van der Waals surface area contributed by atoms with E-state index in [9.17, 15) is 4.79 Å². The first-order valence-electron chi connectivity index (χ1n) is 11.3. The van der Waals surface area contributed by atoms with E-state index in [-0.39, 0.29) is 24.3 Å². The number of nitrogens with zero attached hydrogens (tertiary/aromatic N) is 3. The number of fused-ring (bicyclic) bond motifs is 1. The topological polar surface area (TPSA) is 95.1 Å². The van der Waals surface area contributed by atoms with Crippen LogP contribution in [-0.2, 0) is 24.2 Å². The average molecular weight is 466 g/mol. The normalized spacial score (nSPS) is 13.9. The van der Waals surface area contributed by atoms with Gasteiger partial charge in [0, 0.05) is 0 Å². The fraction of sp³-hybridized carbons (Fsp3) is 0.400. The van der Waals surface area contributed by atoms with Gasteiger partial charge in [0.15, 0.2) is 5.82 Å². The number of aryl methyl sites for hydroxylation is 4. The van der Waals surface area contributed by atoms with Gasteiger partial charge in [-0.1, -0.05) is 47.7 Å². The summed E-state index contributed by atoms with van der Waals surface area (Å²) in [7, 11) is 0. The highest BCUT2D eigenvalue weighted by Crippen LogP contribution is 2.25. The molecule has 4 rings (SSSR count). The second-order valence-corrected chi connectivity index (χ2v) is 9.58. The molecule has 0 bridgehead atoms. The molecule has 2 aromatic carbocycles. The van der Waals surface area contributed by atoms with E-state index in [0.717, 1.165) is 29.7 Å². The second-order valence-electron chi connectivity index (χ2n) is 8.64. The lowest BCUT2D eigenvalue weighted by Gasteiger charge is -2.20. The van der Waals surface area contributed by atoms with Crippen LogP contribution in [0.4, 0.5) is 0 Å². The summed E-state index contributed by atoms with van der Waals surface area (Å²) in [4.78, 5) is 12.5. The van der Waals surface area contributed by atoms with Crippen LogP contribution >= 0.6 is 11.8 Å². The lowest BCUT2D eigenvalue weighted by molar-refractivity contribution is -0.119. The number of carbonyl (C=O) groups excluding carboxylic acids is 1. The number of amides is 1. The molecule has 174 valence electrons. The summed E-state index contributed by atoms with van der Waals surface area (Å²) >= 11 is 1.26. The van der Waals surface area contributed by atoms with Crippen molar-refractivity contribution in [2.75, 3.05) is 11.6 Å². The van der Waals surface area contributed by atoms with Crippen molar-refractivity contribution in [1.29, 1.82) is 0 Å². The van der Waals surface area contributed by atoms with Gasteiger partial charge in [0.05, 0.1) is 11.8 Å². The zero-order valence-corrected chi connectivity index (χ0v) is 20.2. The molecule has 1 heterocycles. The molecule has 33 heavy (non-hydrogen) atoms. The standard InChI is InChI=1S/C25H31N5O2S/c1-16-8-11-22(17(2)12-16)32-14-23-28-29-25(30(23)26)33-15-24(31)27-18(3)20-10-9-19-6-4-5-7-21(19)13-20/h8-13,18H,4-7,14-15,26H2,1-3H3,(H,27,31). The highest BCUT2D eigenvalue weighted by molar-refractivity contribution is 7.99. The molecule has 1 aliphatic rings. The van der Waals surface area contributed by atoms with Crippen molar-refractivity contribution < 1.29 is 9.53 Å². The van der Waals surface area contributed by atoms with Gasteiger partial charge in [-0.15, -0.1) is 10.2 Å². The van der Waals surface area contributed by atoms with Crippen LogP contribution in [0.2, 0.25) is 0 Å². The minimum absolute atomic E-state index is 0.0530. The highest BCUT2D eigenvalue weighted by Gasteiger charge is 2.16. The van der Waals surface area contributed by atoms with Crippen LogP contribution in [0.1, 0.15) is 59.4 Å². The molecule has 1 amide bonds. The van der Waals surface area contributed by atoms with Crippen molar-refractivity contribution in [1.82, 2.24) is 20.2 Å². The molecule has 0 radical (unpaired) electrons. The monoisotopic (exact) mass is 465 g/mol. The van der Waals surface area contributed by atoms with E-state index in [1.165, 1.54) is 46.0 Å². The molecule has 0 aliphatic heterocycles. The third-order valence-corrected chi connectivity index (χ3v) is 6.95. The average Bonchev–Trinajstić information content (AvgIpc) is 3.16. The van der Waals surface area contributed by atoms with Gasteiger partial charge < -0.3 is 15.9 Å². The SMILES string of the molecule is Cc1ccc(OCc2nnc(SCC(=O)NC(C)c3ccc4c(c3)CCCC4)n2N)c(C)c1. The Hall–Kier alpha value is -3.00. The molecule has 1 aliphatic carbocycles. The maximum atomic E-state index is 12.5. The first-order chi connectivity index (χ1) is 15.9. The lowest BCUT2D eigenvalue weighted by atomic mass is 9.89. The van der Waals surface area contributed by atoms with E-state index in [2.05, 4.69) is 39.8 Å². The molecule has 0 saturated heterocycles. The van der Waals surface area contributed by atoms with Crippen LogP contribution in [0.5, 0.6) is 5.75 Å². The van der Waals surface area contributed by atoms with Gasteiger partial charge in [0.2, 0.25) is 11.1 Å². The van der Waals surface area contributed by atoms with Crippen molar-refractivity contribution in [3.8, 4) is 5.75 Å². The van der Waals surface area contributed by atoms with Crippen molar-refractivity contribution in [3.63, 3.8) is 0 Å². The first-order valence-corrected chi connectivity index (χ1v) is 12.3. The van der Waals surface area contributed by atoms with E-state index in [0.29, 0.717) is 11.0 Å². The van der Waals surface area contributed by atoms with Crippen molar-refractivity contribution in [3.05, 3.63) is 70.0 Å². The summed E-state index contributed by atoms with van der Waals surface area (Å²) in [6.45, 7) is 6.26. The van der Waals surface area contributed by atoms with Gasteiger partial charge in [0.25, 0.3) is 0 Å². The summed E-state index contributed by atoms with van der Waals surface area (Å²) in [5.41, 5.74) is 6.23. The number of hydrogen-bond acceptors (Lipinski definition) is 6. The summed E-state index contributed by atoms with van der Waals surface area (Å²) < 4.78 is 7.23. The minimum Gasteiger partial charge on any atom is -0.485 e. The number of nitrogens with two attached hydrogens (primary N) is 1. The molecular formula is C25H31N5O2S. The number of nitrogens with one attached hydrogen (secondary N) is 1. The van der Waals surface area contributed by atoms with Gasteiger partial charge in [0.1, 0.15) is 12.4 Å². The molecule has 0 spiro atoms. The predicted octanol–water partition coefficient (Wildman–Crippen LogP) is 4.04. The molecule has 1 unspecified atom stereocenters. The Morgan fingerprint density at radius 3 is 2.73 bits per heavy atom. The fourth-order valence-electron chi connectivity index (χ4n) is 4.13. The molecule has 0 saturated carbocycles. The number of nitrogen functional groups attached to an aromatic ring is 1. The minimum atomic E-state index is -0.0682. The van der Waals surface area contributed by atoms with Crippen LogP contribution < -0.4 is 15.9 Å². The zero-order chi connectivity index (χ0) is 23.4. The Kier molecular flexibility index (Phi) is 7.23. The van der Waals surface area contributed by atoms with Crippen LogP contribution in [0.25, 0.3) is 0 Å². The van der Waals surface area contributed by atoms with Gasteiger partial charge in [-0.3, -0.25) is 4.79 Å². The number of ether oxygens (including phenoxy) is 1. The number of rotatable bonds is 8. The van der Waals surface area contributed by atoms with Crippen molar-refractivity contribution in [2.45, 2.75) is 64.3 Å². The third kappa shape index (κ3) is 5.68. The maximum absolute atomic E-state index is 12.5. The summed E-state index contributed by atoms with van der Waals surface area (Å²) in [5, 5.41) is 11.8. The largest absolute Gasteiger partial charge is 0.485 e. The molecular weight excluding hydrogens is 434 g/mol. The fourth-order valence-corrected chi connectivity index (χ4v) is 4.81. The van der Waals surface area contributed by atoms with Crippen LogP contribution in [0, 0.1) is 13.8 Å². The Morgan fingerprint density at radius 2 is 1.94 bits per heavy atom. The van der Waals surface area contributed by atoms with Gasteiger partial charge >= 0.3 is 0 Å². The van der Waals surface area contributed by atoms with Gasteiger partial charge in [-0.25, -0.2) is 4.68 Å². The van der Waals surface area contributed by atoms with E-state index >= 15 is 0 Å². The van der Waals surface area contributed by atoms with E-state index < -0.39 is 0 Å². The van der Waals surface area contributed by atoms with Gasteiger partial charge in [-0.2, -0.15) is 0 Å². The Morgan fingerprint density at radius 1 is 1.15 bits per heavy atom. The summed E-state index contributed by atoms with van der Waals surface area (Å²) in [6, 6.07) is 12.5. The summed E-state index contributed by atoms with van der Waals surface area (Å²) in [6.07, 6.45) is 4.79. The van der Waals surface area contributed by atoms with Crippen LogP contribution in [0.3, 0.4) is 0 Å². The van der Waals surface area contributed by atoms with Crippen LogP contribution in [0.15, 0.2) is 41.6 Å². The van der Waals surface area contributed by atoms with Crippen LogP contribution in [-0.4, -0.2) is 26.5 Å². The molecule has 3 aromatic rings. The second kappa shape index (κ2) is 10.3. The number of hydrogen-bond donors (Lipinski definition) is 2. The Balaban J connectivity index is 1.29. The molecule has 1 aromatic heterocycles. The first kappa shape index (κ1) is 23.2. The highest BCUT2D eigenvalue weighted by atomic mass is 32.2. The van der Waals surface area contributed by atoms with Crippen molar-refractivity contribution >= 4 is 17.7 Å². The smallest absolute Gasteiger partial charge is 0.230 e. The van der Waals surface area contributed by atoms with E-state index in [4.69, 9.17) is 10.6 Å². The van der Waals surface area contributed by atoms with Crippen molar-refractivity contribution in [2.24, 2.45) is 0 Å².